The first-order chi connectivity index (χ1) is 9.36. The fraction of sp³-hybridized carbons (Fsp3) is 0.235. The molecular weight excluding hydrogens is 234 g/mol. The summed E-state index contributed by atoms with van der Waals surface area (Å²) >= 11 is 0. The van der Waals surface area contributed by atoms with Gasteiger partial charge in [-0.15, -0.1) is 0 Å². The highest BCUT2D eigenvalue weighted by molar-refractivity contribution is 6.02. The fourth-order valence-corrected chi connectivity index (χ4v) is 2.52. The van der Waals surface area contributed by atoms with Crippen molar-refractivity contribution < 1.29 is 4.74 Å². The average Bonchev–Trinajstić information content (AvgIpc) is 2.98. The SMILES string of the molecule is COc1ccc(C2CN=C(c3ccccc3)C2)cc1. The molecule has 2 nitrogen and oxygen atoms in total. The van der Waals surface area contributed by atoms with Crippen molar-refractivity contribution >= 4 is 5.71 Å². The van der Waals surface area contributed by atoms with E-state index in [1.807, 2.05) is 18.2 Å². The first-order valence-electron chi connectivity index (χ1n) is 6.59. The average molecular weight is 251 g/mol. The number of nitrogens with zero attached hydrogens (tertiary/aromatic N) is 1. The molecule has 19 heavy (non-hydrogen) atoms. The van der Waals surface area contributed by atoms with Crippen LogP contribution in [0.3, 0.4) is 0 Å². The molecule has 1 atom stereocenters. The van der Waals surface area contributed by atoms with Crippen molar-refractivity contribution in [2.24, 2.45) is 4.99 Å². The summed E-state index contributed by atoms with van der Waals surface area (Å²) in [5.74, 6) is 1.41. The van der Waals surface area contributed by atoms with Crippen LogP contribution < -0.4 is 4.74 Å². The third kappa shape index (κ3) is 2.53. The molecule has 0 saturated carbocycles. The molecule has 0 fully saturated rings. The molecule has 0 amide bonds. The third-order valence-corrected chi connectivity index (χ3v) is 3.64. The highest BCUT2D eigenvalue weighted by atomic mass is 16.5. The van der Waals surface area contributed by atoms with E-state index in [4.69, 9.17) is 9.73 Å². The van der Waals surface area contributed by atoms with Gasteiger partial charge in [0.05, 0.1) is 7.11 Å². The van der Waals surface area contributed by atoms with Crippen LogP contribution in [0.1, 0.15) is 23.5 Å². The van der Waals surface area contributed by atoms with E-state index >= 15 is 0 Å². The second-order valence-electron chi connectivity index (χ2n) is 4.83. The molecule has 1 aliphatic heterocycles. The molecule has 2 aromatic rings. The number of benzene rings is 2. The van der Waals surface area contributed by atoms with Gasteiger partial charge in [-0.2, -0.15) is 0 Å². The molecule has 0 radical (unpaired) electrons. The molecular formula is C17H17NO. The largest absolute Gasteiger partial charge is 0.497 e. The Balaban J connectivity index is 1.73. The smallest absolute Gasteiger partial charge is 0.118 e. The van der Waals surface area contributed by atoms with Gasteiger partial charge in [-0.3, -0.25) is 4.99 Å². The van der Waals surface area contributed by atoms with Gasteiger partial charge in [0.25, 0.3) is 0 Å². The maximum absolute atomic E-state index is 5.19. The van der Waals surface area contributed by atoms with Crippen molar-refractivity contribution in [2.45, 2.75) is 12.3 Å². The summed E-state index contributed by atoms with van der Waals surface area (Å²) in [6, 6.07) is 18.8. The predicted octanol–water partition coefficient (Wildman–Crippen LogP) is 3.67. The monoisotopic (exact) mass is 251 g/mol. The predicted molar refractivity (Wildman–Crippen MR) is 78.2 cm³/mol. The lowest BCUT2D eigenvalue weighted by Crippen LogP contribution is -2.02. The van der Waals surface area contributed by atoms with Gasteiger partial charge in [0.2, 0.25) is 0 Å². The Bertz CT molecular complexity index is 572. The quantitative estimate of drug-likeness (QED) is 0.815. The second-order valence-corrected chi connectivity index (χ2v) is 4.83. The molecule has 2 aromatic carbocycles. The van der Waals surface area contributed by atoms with Crippen LogP contribution in [0.4, 0.5) is 0 Å². The van der Waals surface area contributed by atoms with Crippen LogP contribution in [-0.2, 0) is 0 Å². The van der Waals surface area contributed by atoms with Crippen molar-refractivity contribution in [3.8, 4) is 5.75 Å². The Labute approximate surface area is 113 Å². The molecule has 0 aromatic heterocycles. The minimum Gasteiger partial charge on any atom is -0.497 e. The Morgan fingerprint density at radius 1 is 1.00 bits per heavy atom. The van der Waals surface area contributed by atoms with Crippen molar-refractivity contribution in [2.75, 3.05) is 13.7 Å². The molecule has 0 bridgehead atoms. The maximum Gasteiger partial charge on any atom is 0.118 e. The van der Waals surface area contributed by atoms with Gasteiger partial charge in [-0.25, -0.2) is 0 Å². The lowest BCUT2D eigenvalue weighted by atomic mass is 9.94. The molecule has 0 spiro atoms. The molecule has 0 N–H and O–H groups in total. The minimum atomic E-state index is 0.501. The van der Waals surface area contributed by atoms with E-state index < -0.39 is 0 Å². The van der Waals surface area contributed by atoms with E-state index in [-0.39, 0.29) is 0 Å². The number of aliphatic imine (C=N–C) groups is 1. The molecule has 96 valence electrons. The van der Waals surface area contributed by atoms with Crippen molar-refractivity contribution in [3.05, 3.63) is 65.7 Å². The minimum absolute atomic E-state index is 0.501. The highest BCUT2D eigenvalue weighted by Gasteiger charge is 2.21. The standard InChI is InChI=1S/C17H17NO/c1-19-16-9-7-13(8-10-16)15-11-17(18-12-15)14-5-3-2-4-6-14/h2-10,15H,11-12H2,1H3. The molecule has 1 aliphatic rings. The van der Waals surface area contributed by atoms with E-state index in [2.05, 4.69) is 36.4 Å². The summed E-state index contributed by atoms with van der Waals surface area (Å²) in [5.41, 5.74) is 3.82. The number of hydrogen-bond acceptors (Lipinski definition) is 2. The van der Waals surface area contributed by atoms with Crippen LogP contribution in [0.15, 0.2) is 59.6 Å². The van der Waals surface area contributed by atoms with E-state index in [1.54, 1.807) is 7.11 Å². The van der Waals surface area contributed by atoms with Gasteiger partial charge in [0, 0.05) is 18.2 Å². The van der Waals surface area contributed by atoms with Gasteiger partial charge in [0.1, 0.15) is 5.75 Å². The normalized spacial score (nSPS) is 18.2. The van der Waals surface area contributed by atoms with Gasteiger partial charge in [0.15, 0.2) is 0 Å². The van der Waals surface area contributed by atoms with Crippen LogP contribution in [0, 0.1) is 0 Å². The molecule has 0 aliphatic carbocycles. The summed E-state index contributed by atoms with van der Waals surface area (Å²) < 4.78 is 5.19. The molecule has 1 heterocycles. The van der Waals surface area contributed by atoms with Gasteiger partial charge < -0.3 is 4.74 Å². The molecule has 2 heteroatoms. The molecule has 0 saturated heterocycles. The topological polar surface area (TPSA) is 21.6 Å². The van der Waals surface area contributed by atoms with Crippen LogP contribution in [-0.4, -0.2) is 19.4 Å². The van der Waals surface area contributed by atoms with Crippen LogP contribution in [0.5, 0.6) is 5.75 Å². The van der Waals surface area contributed by atoms with Gasteiger partial charge in [-0.1, -0.05) is 42.5 Å². The van der Waals surface area contributed by atoms with Gasteiger partial charge >= 0.3 is 0 Å². The van der Waals surface area contributed by atoms with Crippen LogP contribution in [0.25, 0.3) is 0 Å². The Morgan fingerprint density at radius 3 is 2.42 bits per heavy atom. The second kappa shape index (κ2) is 5.27. The maximum atomic E-state index is 5.19. The number of rotatable bonds is 3. The Kier molecular flexibility index (Phi) is 3.32. The summed E-state index contributed by atoms with van der Waals surface area (Å²) in [4.78, 5) is 4.69. The summed E-state index contributed by atoms with van der Waals surface area (Å²) in [5, 5.41) is 0. The van der Waals surface area contributed by atoms with Crippen molar-refractivity contribution in [1.82, 2.24) is 0 Å². The Hall–Kier alpha value is -2.09. The zero-order valence-electron chi connectivity index (χ0n) is 11.0. The van der Waals surface area contributed by atoms with E-state index in [9.17, 15) is 0 Å². The van der Waals surface area contributed by atoms with Crippen LogP contribution in [0.2, 0.25) is 0 Å². The first kappa shape index (κ1) is 12.0. The lowest BCUT2D eigenvalue weighted by molar-refractivity contribution is 0.414. The number of hydrogen-bond donors (Lipinski definition) is 0. The number of ether oxygens (including phenoxy) is 1. The highest BCUT2D eigenvalue weighted by Crippen LogP contribution is 2.29. The van der Waals surface area contributed by atoms with Crippen molar-refractivity contribution in [3.63, 3.8) is 0 Å². The summed E-state index contributed by atoms with van der Waals surface area (Å²) in [6.07, 6.45) is 1.02. The fourth-order valence-electron chi connectivity index (χ4n) is 2.52. The lowest BCUT2D eigenvalue weighted by Gasteiger charge is -2.10. The van der Waals surface area contributed by atoms with E-state index in [0.717, 1.165) is 18.7 Å². The number of methoxy groups -OCH3 is 1. The van der Waals surface area contributed by atoms with E-state index in [0.29, 0.717) is 5.92 Å². The van der Waals surface area contributed by atoms with Crippen LogP contribution >= 0.6 is 0 Å². The van der Waals surface area contributed by atoms with Gasteiger partial charge in [-0.05, 0) is 29.7 Å². The zero-order chi connectivity index (χ0) is 13.1. The zero-order valence-corrected chi connectivity index (χ0v) is 11.0. The first-order valence-corrected chi connectivity index (χ1v) is 6.59. The summed E-state index contributed by atoms with van der Waals surface area (Å²) in [6.45, 7) is 0.885. The summed E-state index contributed by atoms with van der Waals surface area (Å²) in [7, 11) is 1.70. The molecule has 3 rings (SSSR count). The Morgan fingerprint density at radius 2 is 1.74 bits per heavy atom. The van der Waals surface area contributed by atoms with E-state index in [1.165, 1.54) is 16.8 Å². The molecule has 1 unspecified atom stereocenters. The van der Waals surface area contributed by atoms with Crippen molar-refractivity contribution in [1.29, 1.82) is 0 Å². The third-order valence-electron chi connectivity index (χ3n) is 3.64.